The molecule has 0 aliphatic heterocycles. The first kappa shape index (κ1) is 25.9. The van der Waals surface area contributed by atoms with Crippen LogP contribution in [0, 0.1) is 6.07 Å². The van der Waals surface area contributed by atoms with Crippen LogP contribution in [0.3, 0.4) is 0 Å². The van der Waals surface area contributed by atoms with E-state index in [0.29, 0.717) is 5.75 Å². The van der Waals surface area contributed by atoms with Crippen molar-refractivity contribution in [1.82, 2.24) is 0 Å². The van der Waals surface area contributed by atoms with E-state index in [9.17, 15) is 5.11 Å². The summed E-state index contributed by atoms with van der Waals surface area (Å²) in [6.07, 6.45) is 1.05. The molecule has 4 heteroatoms. The molecular weight excluding hydrogens is 447 g/mol. The number of fused-ring (bicyclic) bond motifs is 3. The van der Waals surface area contributed by atoms with Crippen molar-refractivity contribution in [3.05, 3.63) is 114 Å². The number of rotatable bonds is 1. The molecular formula is C26H21Cl2OTi-2. The number of halogens is 2. The summed E-state index contributed by atoms with van der Waals surface area (Å²) in [6.45, 7) is 0. The molecule has 5 rings (SSSR count). The average Bonchev–Trinajstić information content (AvgIpc) is 3.15. The Labute approximate surface area is 202 Å². The largest absolute Gasteiger partial charge is 1.00 e. The minimum absolute atomic E-state index is 0. The first-order valence-electron chi connectivity index (χ1n) is 9.09. The van der Waals surface area contributed by atoms with Gasteiger partial charge in [-0.25, -0.2) is 0 Å². The monoisotopic (exact) mass is 467 g/mol. The van der Waals surface area contributed by atoms with Crippen LogP contribution in [0.2, 0.25) is 0 Å². The molecule has 1 nitrogen and oxygen atoms in total. The van der Waals surface area contributed by atoms with Gasteiger partial charge in [-0.05, 0) is 29.7 Å². The van der Waals surface area contributed by atoms with Crippen LogP contribution >= 0.6 is 0 Å². The predicted octanol–water partition coefficient (Wildman–Crippen LogP) is 0.0904. The van der Waals surface area contributed by atoms with Crippen molar-refractivity contribution in [1.29, 1.82) is 0 Å². The van der Waals surface area contributed by atoms with Gasteiger partial charge < -0.3 is 29.9 Å². The van der Waals surface area contributed by atoms with Crippen molar-refractivity contribution in [3.63, 3.8) is 0 Å². The Bertz CT molecular complexity index is 1010. The number of phenolic OH excluding ortho intramolecular Hbond substituents is 1. The Morgan fingerprint density at radius 3 is 2.07 bits per heavy atom. The molecule has 4 aromatic carbocycles. The molecule has 0 heterocycles. The first-order valence-corrected chi connectivity index (χ1v) is 10.2. The molecule has 0 atom stereocenters. The van der Waals surface area contributed by atoms with E-state index in [1.54, 1.807) is 32.1 Å². The third-order valence-corrected chi connectivity index (χ3v) is 4.57. The number of phenols is 1. The van der Waals surface area contributed by atoms with Gasteiger partial charge in [0.2, 0.25) is 0 Å². The molecule has 0 bridgehead atoms. The van der Waals surface area contributed by atoms with Crippen molar-refractivity contribution in [2.24, 2.45) is 0 Å². The van der Waals surface area contributed by atoms with Crippen LogP contribution in [0.1, 0.15) is 11.1 Å². The zero-order valence-electron chi connectivity index (χ0n) is 16.4. The molecule has 0 spiro atoms. The van der Waals surface area contributed by atoms with Gasteiger partial charge in [-0.15, -0.1) is 5.56 Å². The van der Waals surface area contributed by atoms with Crippen LogP contribution in [-0.2, 0) is 26.4 Å². The van der Waals surface area contributed by atoms with Gasteiger partial charge >= 0.3 is 24.8 Å². The zero-order chi connectivity index (χ0) is 19.8. The number of hydrogen-bond acceptors (Lipinski definition) is 1. The molecule has 0 aromatic heterocycles. The van der Waals surface area contributed by atoms with Crippen molar-refractivity contribution >= 4 is 4.82 Å². The molecule has 1 aliphatic rings. The van der Waals surface area contributed by atoms with Crippen LogP contribution in [0.25, 0.3) is 22.3 Å². The molecule has 4 aromatic rings. The fourth-order valence-corrected chi connectivity index (χ4v) is 3.31. The Morgan fingerprint density at radius 1 is 0.700 bits per heavy atom. The third-order valence-electron chi connectivity index (χ3n) is 4.57. The maximum Gasteiger partial charge on any atom is -0.0253 e. The Morgan fingerprint density at radius 2 is 1.33 bits per heavy atom. The molecule has 0 saturated heterocycles. The molecule has 151 valence electrons. The molecule has 0 saturated carbocycles. The van der Waals surface area contributed by atoms with Gasteiger partial charge in [0.25, 0.3) is 0 Å². The van der Waals surface area contributed by atoms with Crippen LogP contribution in [-0.4, -0.2) is 9.92 Å². The second kappa shape index (κ2) is 13.2. The van der Waals surface area contributed by atoms with E-state index in [2.05, 4.69) is 47.3 Å². The van der Waals surface area contributed by atoms with Gasteiger partial charge in [0.1, 0.15) is 5.75 Å². The Balaban J connectivity index is 0.000000261. The SMILES string of the molecule is Oc1cccc(-c2ccccc2)c1.[CH2]=[Ti+].[Cl-].[Cl-].[c-]1cccc2c1Cc1ccccc1-2. The van der Waals surface area contributed by atoms with Crippen molar-refractivity contribution in [2.75, 3.05) is 0 Å². The summed E-state index contributed by atoms with van der Waals surface area (Å²) in [7, 11) is 0. The van der Waals surface area contributed by atoms with E-state index in [4.69, 9.17) is 0 Å². The average molecular weight is 468 g/mol. The van der Waals surface area contributed by atoms with E-state index in [0.717, 1.165) is 17.5 Å². The minimum atomic E-state index is 0. The van der Waals surface area contributed by atoms with Crippen LogP contribution in [0.5, 0.6) is 5.75 Å². The molecule has 30 heavy (non-hydrogen) atoms. The summed E-state index contributed by atoms with van der Waals surface area (Å²) in [5, 5.41) is 9.27. The van der Waals surface area contributed by atoms with E-state index in [1.807, 2.05) is 48.5 Å². The minimum Gasteiger partial charge on any atom is -1.00 e. The fourth-order valence-electron chi connectivity index (χ4n) is 3.31. The summed E-state index contributed by atoms with van der Waals surface area (Å²) in [4.78, 5) is 3.25. The van der Waals surface area contributed by atoms with Crippen molar-refractivity contribution in [3.8, 4) is 28.0 Å². The standard InChI is InChI=1S/C13H9.C12H10O.CH2.2ClH.Ti/c1-3-7-12-10(5-1)9-11-6-2-4-8-13(11)12;13-12-8-4-7-11(9-12)10-5-2-1-3-6-10;;;;/h1-5,7-8H,9H2;1-9,13H;1H2;2*1H;/q-1;;;;;+1/p-2. The van der Waals surface area contributed by atoms with Crippen molar-refractivity contribution < 1.29 is 49.9 Å². The van der Waals surface area contributed by atoms with Crippen LogP contribution in [0.4, 0.5) is 0 Å². The molecule has 0 fully saturated rings. The third kappa shape index (κ3) is 6.42. The van der Waals surface area contributed by atoms with Gasteiger partial charge in [0.05, 0.1) is 0 Å². The molecule has 1 N–H and O–H groups in total. The second-order valence-electron chi connectivity index (χ2n) is 6.31. The summed E-state index contributed by atoms with van der Waals surface area (Å²) >= 11 is 1.75. The smallest absolute Gasteiger partial charge is 0.0253 e. The topological polar surface area (TPSA) is 20.2 Å². The Kier molecular flexibility index (Phi) is 11.4. The Hall–Kier alpha value is -2.16. The summed E-state index contributed by atoms with van der Waals surface area (Å²) in [5.74, 6) is 0.307. The molecule has 0 unspecified atom stereocenters. The quantitative estimate of drug-likeness (QED) is 0.273. The van der Waals surface area contributed by atoms with Gasteiger partial charge in [0.15, 0.2) is 0 Å². The fraction of sp³-hybridized carbons (Fsp3) is 0.0385. The van der Waals surface area contributed by atoms with Crippen LogP contribution < -0.4 is 24.8 Å². The second-order valence-corrected chi connectivity index (χ2v) is 6.31. The molecule has 1 aliphatic carbocycles. The number of benzene rings is 4. The zero-order valence-corrected chi connectivity index (χ0v) is 19.4. The molecule has 0 amide bonds. The van der Waals surface area contributed by atoms with Gasteiger partial charge in [-0.3, -0.25) is 0 Å². The van der Waals surface area contributed by atoms with Gasteiger partial charge in [-0.1, -0.05) is 77.9 Å². The number of aromatic hydroxyl groups is 1. The maximum atomic E-state index is 9.27. The number of hydrogen-bond donors (Lipinski definition) is 1. The van der Waals surface area contributed by atoms with Crippen LogP contribution in [0.15, 0.2) is 97.1 Å². The van der Waals surface area contributed by atoms with E-state index < -0.39 is 0 Å². The normalized spacial score (nSPS) is 9.80. The van der Waals surface area contributed by atoms with E-state index >= 15 is 0 Å². The summed E-state index contributed by atoms with van der Waals surface area (Å²) in [5.41, 5.74) is 7.68. The molecule has 0 radical (unpaired) electrons. The van der Waals surface area contributed by atoms with Gasteiger partial charge in [0, 0.05) is 0 Å². The van der Waals surface area contributed by atoms with Gasteiger partial charge in [-0.2, -0.15) is 29.8 Å². The maximum absolute atomic E-state index is 9.27. The predicted molar refractivity (Wildman–Crippen MR) is 114 cm³/mol. The van der Waals surface area contributed by atoms with E-state index in [1.165, 1.54) is 22.3 Å². The van der Waals surface area contributed by atoms with Crippen molar-refractivity contribution in [2.45, 2.75) is 6.42 Å². The van der Waals surface area contributed by atoms with E-state index in [-0.39, 0.29) is 24.8 Å². The summed E-state index contributed by atoms with van der Waals surface area (Å²) < 4.78 is 0. The first-order chi connectivity index (χ1) is 13.8. The summed E-state index contributed by atoms with van der Waals surface area (Å²) in [6, 6.07) is 35.4.